The standard InChI is InChI=1S/C29H35NO3/c31-19-18-27-16-17-29(33-22-26-14-8-3-9-15-26)28(23-32-21-25-12-6-2-7-13-25)30(27)20-24-10-4-1-5-11-24/h1-15,27-29,31H,16-23H2/t27-,28?,29?/m1/s1. The van der Waals surface area contributed by atoms with Crippen LogP contribution in [0.5, 0.6) is 0 Å². The Morgan fingerprint density at radius 3 is 1.91 bits per heavy atom. The summed E-state index contributed by atoms with van der Waals surface area (Å²) in [6.07, 6.45) is 2.84. The van der Waals surface area contributed by atoms with Crippen LogP contribution in [0.3, 0.4) is 0 Å². The van der Waals surface area contributed by atoms with E-state index in [1.165, 1.54) is 16.7 Å². The number of benzene rings is 3. The fourth-order valence-electron chi connectivity index (χ4n) is 4.75. The van der Waals surface area contributed by atoms with Crippen molar-refractivity contribution in [2.45, 2.75) is 57.2 Å². The van der Waals surface area contributed by atoms with E-state index in [2.05, 4.69) is 71.6 Å². The molecule has 1 saturated heterocycles. The smallest absolute Gasteiger partial charge is 0.0758 e. The Balaban J connectivity index is 1.50. The van der Waals surface area contributed by atoms with E-state index < -0.39 is 0 Å². The summed E-state index contributed by atoms with van der Waals surface area (Å²) in [4.78, 5) is 2.51. The molecule has 0 bridgehead atoms. The molecule has 0 saturated carbocycles. The van der Waals surface area contributed by atoms with Crippen molar-refractivity contribution in [3.05, 3.63) is 108 Å². The highest BCUT2D eigenvalue weighted by atomic mass is 16.5. The molecular weight excluding hydrogens is 410 g/mol. The summed E-state index contributed by atoms with van der Waals surface area (Å²) in [5.74, 6) is 0. The summed E-state index contributed by atoms with van der Waals surface area (Å²) < 4.78 is 12.7. The van der Waals surface area contributed by atoms with Gasteiger partial charge in [-0.05, 0) is 36.0 Å². The Bertz CT molecular complexity index is 919. The molecule has 4 nitrogen and oxygen atoms in total. The topological polar surface area (TPSA) is 41.9 Å². The highest BCUT2D eigenvalue weighted by molar-refractivity contribution is 5.16. The Labute approximate surface area is 197 Å². The molecule has 1 aliphatic rings. The molecule has 3 atom stereocenters. The van der Waals surface area contributed by atoms with Gasteiger partial charge in [0.05, 0.1) is 32.0 Å². The van der Waals surface area contributed by atoms with Crippen LogP contribution in [0.15, 0.2) is 91.0 Å². The summed E-state index contributed by atoms with van der Waals surface area (Å²) in [6, 6.07) is 31.7. The van der Waals surface area contributed by atoms with E-state index in [0.29, 0.717) is 25.9 Å². The van der Waals surface area contributed by atoms with Crippen LogP contribution >= 0.6 is 0 Å². The van der Waals surface area contributed by atoms with Crippen molar-refractivity contribution >= 4 is 0 Å². The quantitative estimate of drug-likeness (QED) is 0.440. The third kappa shape index (κ3) is 6.99. The lowest BCUT2D eigenvalue weighted by Crippen LogP contribution is -2.56. The molecule has 1 N–H and O–H groups in total. The van der Waals surface area contributed by atoms with Crippen LogP contribution in [-0.2, 0) is 29.2 Å². The molecule has 4 heteroatoms. The molecule has 1 fully saturated rings. The van der Waals surface area contributed by atoms with Crippen molar-refractivity contribution in [2.75, 3.05) is 13.2 Å². The van der Waals surface area contributed by atoms with Crippen molar-refractivity contribution in [1.82, 2.24) is 4.90 Å². The molecule has 1 aliphatic heterocycles. The molecule has 174 valence electrons. The van der Waals surface area contributed by atoms with E-state index in [4.69, 9.17) is 9.47 Å². The Hall–Kier alpha value is -2.50. The molecule has 3 aromatic carbocycles. The fourth-order valence-corrected chi connectivity index (χ4v) is 4.75. The first-order valence-electron chi connectivity index (χ1n) is 12.0. The number of aliphatic hydroxyl groups excluding tert-OH is 1. The molecule has 0 amide bonds. The van der Waals surface area contributed by atoms with Gasteiger partial charge in [0, 0.05) is 19.2 Å². The summed E-state index contributed by atoms with van der Waals surface area (Å²) in [6.45, 7) is 2.82. The van der Waals surface area contributed by atoms with Gasteiger partial charge in [-0.1, -0.05) is 91.0 Å². The lowest BCUT2D eigenvalue weighted by molar-refractivity contribution is -0.104. The van der Waals surface area contributed by atoms with Crippen molar-refractivity contribution in [3.8, 4) is 0 Å². The molecule has 0 aromatic heterocycles. The highest BCUT2D eigenvalue weighted by Crippen LogP contribution is 2.30. The largest absolute Gasteiger partial charge is 0.396 e. The van der Waals surface area contributed by atoms with Gasteiger partial charge in [-0.25, -0.2) is 0 Å². The van der Waals surface area contributed by atoms with E-state index in [9.17, 15) is 5.11 Å². The van der Waals surface area contributed by atoms with Crippen LogP contribution in [0.4, 0.5) is 0 Å². The van der Waals surface area contributed by atoms with Gasteiger partial charge in [0.25, 0.3) is 0 Å². The molecule has 4 rings (SSSR count). The monoisotopic (exact) mass is 445 g/mol. The second-order valence-corrected chi connectivity index (χ2v) is 8.80. The summed E-state index contributed by atoms with van der Waals surface area (Å²) in [5.41, 5.74) is 3.64. The number of rotatable bonds is 11. The molecular formula is C29H35NO3. The zero-order valence-electron chi connectivity index (χ0n) is 19.3. The fraction of sp³-hybridized carbons (Fsp3) is 0.379. The summed E-state index contributed by atoms with van der Waals surface area (Å²) >= 11 is 0. The molecule has 1 heterocycles. The molecule has 3 aromatic rings. The predicted molar refractivity (Wildman–Crippen MR) is 132 cm³/mol. The van der Waals surface area contributed by atoms with Gasteiger partial charge >= 0.3 is 0 Å². The maximum absolute atomic E-state index is 9.74. The van der Waals surface area contributed by atoms with Gasteiger partial charge in [0.15, 0.2) is 0 Å². The average molecular weight is 446 g/mol. The van der Waals surface area contributed by atoms with Crippen LogP contribution in [0.1, 0.15) is 36.0 Å². The Kier molecular flexibility index (Phi) is 9.08. The molecule has 0 spiro atoms. The van der Waals surface area contributed by atoms with Crippen molar-refractivity contribution in [2.24, 2.45) is 0 Å². The minimum atomic E-state index is 0.0830. The molecule has 0 radical (unpaired) electrons. The van der Waals surface area contributed by atoms with Crippen LogP contribution in [0, 0.1) is 0 Å². The van der Waals surface area contributed by atoms with E-state index in [-0.39, 0.29) is 18.8 Å². The molecule has 0 aliphatic carbocycles. The van der Waals surface area contributed by atoms with Crippen LogP contribution < -0.4 is 0 Å². The number of nitrogens with zero attached hydrogens (tertiary/aromatic N) is 1. The first-order chi connectivity index (χ1) is 16.3. The second-order valence-electron chi connectivity index (χ2n) is 8.80. The van der Waals surface area contributed by atoms with Crippen molar-refractivity contribution in [1.29, 1.82) is 0 Å². The molecule has 33 heavy (non-hydrogen) atoms. The SMILES string of the molecule is OCC[C@H]1CCC(OCc2ccccc2)C(COCc2ccccc2)N1Cc1ccccc1. The number of hydrogen-bond donors (Lipinski definition) is 1. The van der Waals surface area contributed by atoms with Crippen molar-refractivity contribution in [3.63, 3.8) is 0 Å². The third-order valence-corrected chi connectivity index (χ3v) is 6.49. The average Bonchev–Trinajstić information content (AvgIpc) is 2.87. The Morgan fingerprint density at radius 2 is 1.30 bits per heavy atom. The molecule has 2 unspecified atom stereocenters. The summed E-state index contributed by atoms with van der Waals surface area (Å²) in [5, 5.41) is 9.74. The summed E-state index contributed by atoms with van der Waals surface area (Å²) in [7, 11) is 0. The number of hydrogen-bond acceptors (Lipinski definition) is 4. The van der Waals surface area contributed by atoms with Crippen LogP contribution in [-0.4, -0.2) is 41.4 Å². The van der Waals surface area contributed by atoms with E-state index >= 15 is 0 Å². The lowest BCUT2D eigenvalue weighted by atomic mass is 9.90. The number of piperidine rings is 1. The minimum Gasteiger partial charge on any atom is -0.396 e. The number of ether oxygens (including phenoxy) is 2. The third-order valence-electron chi connectivity index (χ3n) is 6.49. The first-order valence-corrected chi connectivity index (χ1v) is 12.0. The van der Waals surface area contributed by atoms with Gasteiger partial charge in [-0.2, -0.15) is 0 Å². The zero-order valence-corrected chi connectivity index (χ0v) is 19.3. The lowest BCUT2D eigenvalue weighted by Gasteiger charge is -2.46. The van der Waals surface area contributed by atoms with Crippen LogP contribution in [0.2, 0.25) is 0 Å². The second kappa shape index (κ2) is 12.7. The van der Waals surface area contributed by atoms with E-state index in [0.717, 1.165) is 25.8 Å². The van der Waals surface area contributed by atoms with Crippen LogP contribution in [0.25, 0.3) is 0 Å². The maximum atomic E-state index is 9.74. The Morgan fingerprint density at radius 1 is 0.727 bits per heavy atom. The highest BCUT2D eigenvalue weighted by Gasteiger charge is 2.37. The van der Waals surface area contributed by atoms with E-state index in [1.807, 2.05) is 24.3 Å². The van der Waals surface area contributed by atoms with Gasteiger partial charge in [-0.3, -0.25) is 4.90 Å². The van der Waals surface area contributed by atoms with E-state index in [1.54, 1.807) is 0 Å². The van der Waals surface area contributed by atoms with Gasteiger partial charge in [0.1, 0.15) is 0 Å². The van der Waals surface area contributed by atoms with Gasteiger partial charge in [0.2, 0.25) is 0 Å². The number of likely N-dealkylation sites (tertiary alicyclic amines) is 1. The van der Waals surface area contributed by atoms with Gasteiger partial charge in [-0.15, -0.1) is 0 Å². The predicted octanol–water partition coefficient (Wildman–Crippen LogP) is 5.20. The maximum Gasteiger partial charge on any atom is 0.0758 e. The van der Waals surface area contributed by atoms with Gasteiger partial charge < -0.3 is 14.6 Å². The first kappa shape index (κ1) is 23.7. The van der Waals surface area contributed by atoms with Crippen molar-refractivity contribution < 1.29 is 14.6 Å². The number of aliphatic hydroxyl groups is 1. The normalized spacial score (nSPS) is 21.2. The zero-order chi connectivity index (χ0) is 22.7. The minimum absolute atomic E-state index is 0.0830.